The minimum absolute atomic E-state index is 0.0123. The van der Waals surface area contributed by atoms with Crippen LogP contribution in [0.2, 0.25) is 5.02 Å². The average Bonchev–Trinajstić information content (AvgIpc) is 3.38. The fourth-order valence-corrected chi connectivity index (χ4v) is 8.07. The van der Waals surface area contributed by atoms with E-state index in [1.54, 1.807) is 31.2 Å². The van der Waals surface area contributed by atoms with Crippen LogP contribution in [0, 0.1) is 6.92 Å². The van der Waals surface area contributed by atoms with Crippen molar-refractivity contribution in [3.8, 4) is 0 Å². The zero-order chi connectivity index (χ0) is 28.9. The highest BCUT2D eigenvalue weighted by atomic mass is 35.5. The monoisotopic (exact) mass is 595 g/mol. The number of rotatable bonds is 5. The van der Waals surface area contributed by atoms with Gasteiger partial charge in [-0.05, 0) is 61.2 Å². The Bertz CT molecular complexity index is 1510. The molecule has 7 nitrogen and oxygen atoms in total. The minimum Gasteiger partial charge on any atom is -0.385 e. The number of likely N-dealkylation sites (tertiary alicyclic amines) is 1. The Morgan fingerprint density at radius 3 is 2.42 bits per heavy atom. The van der Waals surface area contributed by atoms with E-state index in [-0.39, 0.29) is 60.3 Å². The van der Waals surface area contributed by atoms with Gasteiger partial charge in [-0.25, -0.2) is 8.42 Å². The molecule has 2 aliphatic heterocycles. The summed E-state index contributed by atoms with van der Waals surface area (Å²) in [5, 5.41) is 11.3. The van der Waals surface area contributed by atoms with E-state index in [0.717, 1.165) is 12.1 Å². The highest BCUT2D eigenvalue weighted by molar-refractivity contribution is 7.89. The molecule has 1 aromatic heterocycles. The first-order valence-corrected chi connectivity index (χ1v) is 14.7. The van der Waals surface area contributed by atoms with Gasteiger partial charge < -0.3 is 14.6 Å². The third kappa shape index (κ3) is 5.27. The quantitative estimate of drug-likeness (QED) is 0.444. The number of nitrogens with zero attached hydrogens (tertiary/aromatic N) is 3. The molecule has 2 aromatic carbocycles. The van der Waals surface area contributed by atoms with Gasteiger partial charge in [-0.2, -0.15) is 17.5 Å². The van der Waals surface area contributed by atoms with E-state index in [1.165, 1.54) is 27.4 Å². The van der Waals surface area contributed by atoms with E-state index >= 15 is 0 Å². The molecule has 1 unspecified atom stereocenters. The Kier molecular flexibility index (Phi) is 7.54. The largest absolute Gasteiger partial charge is 0.416 e. The first kappa shape index (κ1) is 28.7. The van der Waals surface area contributed by atoms with Crippen LogP contribution in [0.5, 0.6) is 0 Å². The number of benzene rings is 2. The molecule has 214 valence electrons. The van der Waals surface area contributed by atoms with E-state index in [9.17, 15) is 31.5 Å². The fourth-order valence-electron chi connectivity index (χ4n) is 5.69. The number of aromatic nitrogens is 1. The number of carbonyl (C=O) groups is 1. The van der Waals surface area contributed by atoms with Gasteiger partial charge in [-0.3, -0.25) is 4.79 Å². The molecule has 0 aliphatic carbocycles. The minimum atomic E-state index is -4.53. The molecule has 0 spiro atoms. The smallest absolute Gasteiger partial charge is 0.385 e. The summed E-state index contributed by atoms with van der Waals surface area (Å²) >= 11 is 6.33. The first-order chi connectivity index (χ1) is 18.8. The zero-order valence-corrected chi connectivity index (χ0v) is 23.3. The van der Waals surface area contributed by atoms with Gasteiger partial charge in [0, 0.05) is 44.5 Å². The Labute approximate surface area is 235 Å². The number of sulfonamides is 1. The van der Waals surface area contributed by atoms with Gasteiger partial charge in [0.2, 0.25) is 15.9 Å². The summed E-state index contributed by atoms with van der Waals surface area (Å²) in [5.74, 6) is -0.304. The van der Waals surface area contributed by atoms with Crippen LogP contribution in [0.4, 0.5) is 13.2 Å². The molecule has 0 radical (unpaired) electrons. The summed E-state index contributed by atoms with van der Waals surface area (Å²) < 4.78 is 70.6. The summed E-state index contributed by atoms with van der Waals surface area (Å²) in [4.78, 5) is 15.1. The second-order valence-electron chi connectivity index (χ2n) is 10.3. The number of halogens is 4. The van der Waals surface area contributed by atoms with Crippen molar-refractivity contribution in [3.63, 3.8) is 0 Å². The standard InChI is InChI=1S/C28H29ClF3N3O4S/c1-19-5-2-8-22(29)26(19)40(38,39)35-16-15-33-12-4-9-23(33)24(35)18-25(36)34-13-10-27(37,11-14-34)20-6-3-7-21(17-20)28(30,31)32/h2-9,12,17,24,37H,10-11,13-16,18H2,1H3. The number of piperidine rings is 1. The predicted octanol–water partition coefficient (Wildman–Crippen LogP) is 5.11. The van der Waals surface area contributed by atoms with Crippen LogP contribution in [-0.2, 0) is 33.1 Å². The summed E-state index contributed by atoms with van der Waals surface area (Å²) in [6.45, 7) is 2.49. The van der Waals surface area contributed by atoms with Crippen LogP contribution < -0.4 is 0 Å². The maximum Gasteiger partial charge on any atom is 0.416 e. The van der Waals surface area contributed by atoms with E-state index < -0.39 is 33.4 Å². The highest BCUT2D eigenvalue weighted by Gasteiger charge is 2.42. The molecule has 3 heterocycles. The summed E-state index contributed by atoms with van der Waals surface area (Å²) in [6.07, 6.45) is -2.71. The SMILES string of the molecule is Cc1cccc(Cl)c1S(=O)(=O)N1CCn2cccc2C1CC(=O)N1CCC(O)(c2cccc(C(F)(F)F)c2)CC1. The molecule has 12 heteroatoms. The van der Waals surface area contributed by atoms with Crippen LogP contribution in [0.1, 0.15) is 47.7 Å². The molecule has 5 rings (SSSR count). The molecular formula is C28H29ClF3N3O4S. The van der Waals surface area contributed by atoms with Crippen molar-refractivity contribution in [3.05, 3.63) is 88.2 Å². The molecular weight excluding hydrogens is 567 g/mol. The lowest BCUT2D eigenvalue weighted by molar-refractivity contribution is -0.137. The van der Waals surface area contributed by atoms with E-state index in [4.69, 9.17) is 11.6 Å². The zero-order valence-electron chi connectivity index (χ0n) is 21.7. The van der Waals surface area contributed by atoms with Crippen molar-refractivity contribution in [1.29, 1.82) is 0 Å². The maximum atomic E-state index is 13.9. The van der Waals surface area contributed by atoms with Gasteiger partial charge >= 0.3 is 6.18 Å². The van der Waals surface area contributed by atoms with Gasteiger partial charge in [-0.1, -0.05) is 35.9 Å². The second kappa shape index (κ2) is 10.5. The lowest BCUT2D eigenvalue weighted by atomic mass is 9.83. The Hall–Kier alpha value is -2.86. The molecule has 1 fully saturated rings. The van der Waals surface area contributed by atoms with E-state index in [1.807, 2.05) is 10.8 Å². The lowest BCUT2D eigenvalue weighted by Gasteiger charge is -2.40. The third-order valence-corrected chi connectivity index (χ3v) is 10.4. The number of amides is 1. The molecule has 0 bridgehead atoms. The highest BCUT2D eigenvalue weighted by Crippen LogP contribution is 2.39. The Morgan fingerprint density at radius 1 is 1.05 bits per heavy atom. The van der Waals surface area contributed by atoms with Crippen molar-refractivity contribution in [2.45, 2.75) is 55.4 Å². The normalized spacial score (nSPS) is 19.9. The topological polar surface area (TPSA) is 82.9 Å². The Balaban J connectivity index is 1.36. The van der Waals surface area contributed by atoms with Crippen molar-refractivity contribution in [2.24, 2.45) is 0 Å². The number of alkyl halides is 3. The summed E-state index contributed by atoms with van der Waals surface area (Å²) in [6, 6.07) is 12.3. The molecule has 40 heavy (non-hydrogen) atoms. The van der Waals surface area contributed by atoms with Crippen LogP contribution in [-0.4, -0.2) is 52.8 Å². The van der Waals surface area contributed by atoms with Gasteiger partial charge in [0.25, 0.3) is 0 Å². The van der Waals surface area contributed by atoms with Crippen molar-refractivity contribution < 1.29 is 31.5 Å². The maximum absolute atomic E-state index is 13.9. The number of aryl methyl sites for hydroxylation is 1. The van der Waals surface area contributed by atoms with Gasteiger partial charge in [0.15, 0.2) is 0 Å². The van der Waals surface area contributed by atoms with Gasteiger partial charge in [0.1, 0.15) is 4.90 Å². The van der Waals surface area contributed by atoms with Crippen LogP contribution in [0.15, 0.2) is 65.7 Å². The number of fused-ring (bicyclic) bond motifs is 1. The van der Waals surface area contributed by atoms with Crippen molar-refractivity contribution >= 4 is 27.5 Å². The number of carbonyl (C=O) groups excluding carboxylic acids is 1. The molecule has 2 aliphatic rings. The van der Waals surface area contributed by atoms with Crippen LogP contribution in [0.3, 0.4) is 0 Å². The lowest BCUT2D eigenvalue weighted by Crippen LogP contribution is -2.48. The molecule has 0 saturated carbocycles. The number of aliphatic hydroxyl groups is 1. The number of hydrogen-bond acceptors (Lipinski definition) is 4. The average molecular weight is 596 g/mol. The van der Waals surface area contributed by atoms with Crippen molar-refractivity contribution in [1.82, 2.24) is 13.8 Å². The van der Waals surface area contributed by atoms with Crippen molar-refractivity contribution in [2.75, 3.05) is 19.6 Å². The van der Waals surface area contributed by atoms with Gasteiger partial charge in [-0.15, -0.1) is 0 Å². The second-order valence-corrected chi connectivity index (χ2v) is 12.6. The number of hydrogen-bond donors (Lipinski definition) is 1. The first-order valence-electron chi connectivity index (χ1n) is 12.9. The predicted molar refractivity (Wildman–Crippen MR) is 143 cm³/mol. The fraction of sp³-hybridized carbons (Fsp3) is 0.393. The molecule has 1 saturated heterocycles. The Morgan fingerprint density at radius 2 is 1.75 bits per heavy atom. The molecule has 3 aromatic rings. The van der Waals surface area contributed by atoms with E-state index in [2.05, 4.69) is 0 Å². The molecule has 1 amide bonds. The van der Waals surface area contributed by atoms with Crippen LogP contribution in [0.25, 0.3) is 0 Å². The molecule has 1 atom stereocenters. The van der Waals surface area contributed by atoms with E-state index in [0.29, 0.717) is 17.8 Å². The van der Waals surface area contributed by atoms with Crippen LogP contribution >= 0.6 is 11.6 Å². The van der Waals surface area contributed by atoms with Gasteiger partial charge in [0.05, 0.1) is 22.2 Å². The molecule has 1 N–H and O–H groups in total. The third-order valence-electron chi connectivity index (χ3n) is 7.88. The summed E-state index contributed by atoms with van der Waals surface area (Å²) in [5.41, 5.74) is -0.998. The summed E-state index contributed by atoms with van der Waals surface area (Å²) in [7, 11) is -4.05.